The van der Waals surface area contributed by atoms with Crippen molar-refractivity contribution in [3.63, 3.8) is 0 Å². The lowest BCUT2D eigenvalue weighted by molar-refractivity contribution is -0.120. The molecular formula is C15H19Cl2N3O3S. The lowest BCUT2D eigenvalue weighted by atomic mass is 10.1. The van der Waals surface area contributed by atoms with E-state index in [2.05, 4.69) is 10.3 Å². The van der Waals surface area contributed by atoms with Gasteiger partial charge in [-0.15, -0.1) is 36.2 Å². The molecule has 6 nitrogen and oxygen atoms in total. The van der Waals surface area contributed by atoms with E-state index >= 15 is 0 Å². The summed E-state index contributed by atoms with van der Waals surface area (Å²) < 4.78 is 4.86. The molecule has 0 radical (unpaired) electrons. The van der Waals surface area contributed by atoms with Gasteiger partial charge in [0.15, 0.2) is 5.69 Å². The molecule has 1 amide bonds. The monoisotopic (exact) mass is 391 g/mol. The molecule has 0 aliphatic rings. The van der Waals surface area contributed by atoms with Gasteiger partial charge < -0.3 is 15.8 Å². The lowest BCUT2D eigenvalue weighted by Gasteiger charge is -2.04. The molecule has 0 fully saturated rings. The minimum absolute atomic E-state index is 0. The number of amides is 1. The number of hydrogen-bond donors (Lipinski definition) is 2. The molecule has 1 aromatic heterocycles. The largest absolute Gasteiger partial charge is 0.461 e. The van der Waals surface area contributed by atoms with E-state index in [1.165, 1.54) is 11.3 Å². The third-order valence-electron chi connectivity index (χ3n) is 2.82. The van der Waals surface area contributed by atoms with E-state index in [0.717, 1.165) is 5.56 Å². The number of anilines is 1. The van der Waals surface area contributed by atoms with Gasteiger partial charge in [-0.25, -0.2) is 9.78 Å². The Balaban J connectivity index is 0.00000264. The highest BCUT2D eigenvalue weighted by Crippen LogP contribution is 2.11. The van der Waals surface area contributed by atoms with Crippen LogP contribution in [0.5, 0.6) is 0 Å². The molecule has 1 aromatic carbocycles. The van der Waals surface area contributed by atoms with E-state index in [-0.39, 0.29) is 49.4 Å². The van der Waals surface area contributed by atoms with E-state index < -0.39 is 5.97 Å². The van der Waals surface area contributed by atoms with Gasteiger partial charge in [0.05, 0.1) is 19.6 Å². The maximum Gasteiger partial charge on any atom is 0.357 e. The van der Waals surface area contributed by atoms with Gasteiger partial charge in [-0.2, -0.15) is 0 Å². The maximum atomic E-state index is 11.9. The molecule has 0 spiro atoms. The van der Waals surface area contributed by atoms with Gasteiger partial charge in [-0.3, -0.25) is 4.79 Å². The average molecular weight is 392 g/mol. The number of hydrogen-bond acceptors (Lipinski definition) is 6. The number of ether oxygens (including phenoxy) is 1. The summed E-state index contributed by atoms with van der Waals surface area (Å²) in [6.45, 7) is 2.34. The van der Waals surface area contributed by atoms with Gasteiger partial charge in [0, 0.05) is 11.1 Å². The summed E-state index contributed by atoms with van der Waals surface area (Å²) in [5.41, 5.74) is 7.42. The van der Waals surface area contributed by atoms with Crippen molar-refractivity contribution in [3.8, 4) is 0 Å². The van der Waals surface area contributed by atoms with E-state index in [1.807, 2.05) is 12.1 Å². The number of nitrogen functional groups attached to an aromatic ring is 1. The number of thiazole rings is 1. The molecule has 1 heterocycles. The van der Waals surface area contributed by atoms with Crippen molar-refractivity contribution in [2.75, 3.05) is 12.3 Å². The molecule has 3 N–H and O–H groups in total. The number of halogens is 2. The summed E-state index contributed by atoms with van der Waals surface area (Å²) in [7, 11) is 0. The van der Waals surface area contributed by atoms with E-state index in [4.69, 9.17) is 10.5 Å². The highest BCUT2D eigenvalue weighted by Gasteiger charge is 2.12. The first-order valence-corrected chi connectivity index (χ1v) is 7.69. The third kappa shape index (κ3) is 6.74. The zero-order valence-electron chi connectivity index (χ0n) is 13.0. The molecule has 0 bridgehead atoms. The van der Waals surface area contributed by atoms with Gasteiger partial charge in [-0.05, 0) is 24.6 Å². The Bertz CT molecular complexity index is 662. The van der Waals surface area contributed by atoms with Gasteiger partial charge in [0.1, 0.15) is 5.01 Å². The van der Waals surface area contributed by atoms with Crippen molar-refractivity contribution in [3.05, 3.63) is 45.9 Å². The second-order valence-corrected chi connectivity index (χ2v) is 5.48. The zero-order valence-corrected chi connectivity index (χ0v) is 15.4. The smallest absolute Gasteiger partial charge is 0.357 e. The van der Waals surface area contributed by atoms with Crippen LogP contribution in [0.3, 0.4) is 0 Å². The standard InChI is InChI=1S/C15H17N3O3S.2ClH/c1-2-21-15(20)12-9-22-14(18-12)8-17-13(19)7-10-3-5-11(16)6-4-10;;/h3-6,9H,2,7-8,16H2,1H3,(H,17,19);2*1H. The Hall–Kier alpha value is -1.83. The van der Waals surface area contributed by atoms with E-state index in [1.54, 1.807) is 24.4 Å². The normalized spacial score (nSPS) is 9.38. The van der Waals surface area contributed by atoms with Crippen LogP contribution in [-0.2, 0) is 22.5 Å². The molecule has 0 aliphatic carbocycles. The van der Waals surface area contributed by atoms with Crippen molar-refractivity contribution in [1.29, 1.82) is 0 Å². The van der Waals surface area contributed by atoms with E-state index in [9.17, 15) is 9.59 Å². The van der Waals surface area contributed by atoms with Crippen LogP contribution in [-0.4, -0.2) is 23.5 Å². The van der Waals surface area contributed by atoms with Gasteiger partial charge in [0.2, 0.25) is 5.91 Å². The number of nitrogens with zero attached hydrogens (tertiary/aromatic N) is 1. The predicted molar refractivity (Wildman–Crippen MR) is 99.0 cm³/mol. The van der Waals surface area contributed by atoms with Crippen molar-refractivity contribution < 1.29 is 14.3 Å². The first kappa shape index (κ1) is 22.2. The first-order valence-electron chi connectivity index (χ1n) is 6.81. The van der Waals surface area contributed by atoms with Crippen LogP contribution in [0.25, 0.3) is 0 Å². The summed E-state index contributed by atoms with van der Waals surface area (Å²) in [5, 5.41) is 5.06. The van der Waals surface area contributed by atoms with Crippen LogP contribution in [0.15, 0.2) is 29.6 Å². The first-order chi connectivity index (χ1) is 10.6. The van der Waals surface area contributed by atoms with Crippen molar-refractivity contribution in [2.24, 2.45) is 0 Å². The molecule has 2 rings (SSSR count). The molecule has 132 valence electrons. The fourth-order valence-electron chi connectivity index (χ4n) is 1.75. The van der Waals surface area contributed by atoms with Crippen LogP contribution in [0.2, 0.25) is 0 Å². The topological polar surface area (TPSA) is 94.3 Å². The van der Waals surface area contributed by atoms with Crippen LogP contribution in [0.4, 0.5) is 5.69 Å². The summed E-state index contributed by atoms with van der Waals surface area (Å²) in [5.74, 6) is -0.559. The number of esters is 1. The Morgan fingerprint density at radius 2 is 1.92 bits per heavy atom. The second kappa shape index (κ2) is 10.9. The Morgan fingerprint density at radius 1 is 1.25 bits per heavy atom. The molecule has 9 heteroatoms. The lowest BCUT2D eigenvalue weighted by Crippen LogP contribution is -2.24. The fraction of sp³-hybridized carbons (Fsp3) is 0.267. The van der Waals surface area contributed by atoms with Crippen molar-refractivity contribution >= 4 is 53.7 Å². The number of rotatable bonds is 6. The quantitative estimate of drug-likeness (QED) is 0.582. The molecule has 2 aromatic rings. The number of carbonyl (C=O) groups excluding carboxylic acids is 2. The maximum absolute atomic E-state index is 11.9. The molecule has 0 unspecified atom stereocenters. The Labute approximate surface area is 156 Å². The van der Waals surface area contributed by atoms with Crippen molar-refractivity contribution in [1.82, 2.24) is 10.3 Å². The van der Waals surface area contributed by atoms with Crippen LogP contribution >= 0.6 is 36.2 Å². The number of nitrogens with two attached hydrogens (primary N) is 1. The molecule has 0 saturated carbocycles. The molecule has 24 heavy (non-hydrogen) atoms. The summed E-state index contributed by atoms with van der Waals surface area (Å²) in [6, 6.07) is 7.15. The number of benzene rings is 1. The number of aromatic nitrogens is 1. The summed E-state index contributed by atoms with van der Waals surface area (Å²) in [4.78, 5) is 27.5. The average Bonchev–Trinajstić information content (AvgIpc) is 2.97. The SMILES string of the molecule is CCOC(=O)c1csc(CNC(=O)Cc2ccc(N)cc2)n1.Cl.Cl. The molecule has 0 atom stereocenters. The summed E-state index contributed by atoms with van der Waals surface area (Å²) in [6.07, 6.45) is 0.274. The van der Waals surface area contributed by atoms with Crippen molar-refractivity contribution in [2.45, 2.75) is 19.9 Å². The Kier molecular flexibility index (Phi) is 10.0. The minimum atomic E-state index is -0.446. The molecule has 0 saturated heterocycles. The number of carbonyl (C=O) groups is 2. The highest BCUT2D eigenvalue weighted by atomic mass is 35.5. The van der Waals surface area contributed by atoms with Crippen LogP contribution in [0, 0.1) is 0 Å². The van der Waals surface area contributed by atoms with Crippen LogP contribution < -0.4 is 11.1 Å². The summed E-state index contributed by atoms with van der Waals surface area (Å²) >= 11 is 1.31. The predicted octanol–water partition coefficient (Wildman–Crippen LogP) is 2.60. The highest BCUT2D eigenvalue weighted by molar-refractivity contribution is 7.09. The van der Waals surface area contributed by atoms with Gasteiger partial charge in [0.25, 0.3) is 0 Å². The van der Waals surface area contributed by atoms with Crippen LogP contribution in [0.1, 0.15) is 28.0 Å². The molecule has 0 aliphatic heterocycles. The Morgan fingerprint density at radius 3 is 2.54 bits per heavy atom. The second-order valence-electron chi connectivity index (χ2n) is 4.54. The van der Waals surface area contributed by atoms with Gasteiger partial charge >= 0.3 is 5.97 Å². The van der Waals surface area contributed by atoms with E-state index in [0.29, 0.717) is 17.3 Å². The third-order valence-corrected chi connectivity index (χ3v) is 3.67. The minimum Gasteiger partial charge on any atom is -0.461 e. The number of nitrogens with one attached hydrogen (secondary N) is 1. The van der Waals surface area contributed by atoms with Gasteiger partial charge in [-0.1, -0.05) is 12.1 Å². The fourth-order valence-corrected chi connectivity index (χ4v) is 2.45. The zero-order chi connectivity index (χ0) is 15.9. The molecular weight excluding hydrogens is 373 g/mol.